The topological polar surface area (TPSA) is 68.2 Å². The quantitative estimate of drug-likeness (QED) is 0.823. The van der Waals surface area contributed by atoms with Gasteiger partial charge in [0.15, 0.2) is 0 Å². The monoisotopic (exact) mass is 280 g/mol. The van der Waals surface area contributed by atoms with Crippen LogP contribution in [0.4, 0.5) is 5.69 Å². The van der Waals surface area contributed by atoms with E-state index >= 15 is 0 Å². The number of nitrogens with one attached hydrogen (secondary N) is 2. The summed E-state index contributed by atoms with van der Waals surface area (Å²) >= 11 is 0. The molecule has 2 N–H and O–H groups in total. The SMILES string of the molecule is CCC1CCNC(C(=O)Nc2cnn(CCOC)c2)C1. The molecule has 1 aliphatic rings. The number of anilines is 1. The van der Waals surface area contributed by atoms with Gasteiger partial charge in [0.1, 0.15) is 0 Å². The molecular weight excluding hydrogens is 256 g/mol. The molecule has 2 unspecified atom stereocenters. The zero-order valence-corrected chi connectivity index (χ0v) is 12.3. The maximum atomic E-state index is 12.2. The first kappa shape index (κ1) is 15.0. The normalized spacial score (nSPS) is 22.7. The summed E-state index contributed by atoms with van der Waals surface area (Å²) in [7, 11) is 1.66. The van der Waals surface area contributed by atoms with Crippen molar-refractivity contribution >= 4 is 11.6 Å². The third-order valence-corrected chi connectivity index (χ3v) is 3.83. The van der Waals surface area contributed by atoms with Crippen molar-refractivity contribution in [1.82, 2.24) is 15.1 Å². The van der Waals surface area contributed by atoms with Crippen LogP contribution in [0, 0.1) is 5.92 Å². The van der Waals surface area contributed by atoms with Gasteiger partial charge in [-0.25, -0.2) is 0 Å². The zero-order chi connectivity index (χ0) is 14.4. The van der Waals surface area contributed by atoms with Crippen LogP contribution in [0.2, 0.25) is 0 Å². The smallest absolute Gasteiger partial charge is 0.241 e. The number of amides is 1. The van der Waals surface area contributed by atoms with Crippen LogP contribution in [0.1, 0.15) is 26.2 Å². The summed E-state index contributed by atoms with van der Waals surface area (Å²) in [5, 5.41) is 10.4. The highest BCUT2D eigenvalue weighted by molar-refractivity contribution is 5.94. The number of hydrogen-bond acceptors (Lipinski definition) is 4. The Morgan fingerprint density at radius 1 is 1.65 bits per heavy atom. The van der Waals surface area contributed by atoms with Crippen LogP contribution < -0.4 is 10.6 Å². The van der Waals surface area contributed by atoms with Crippen molar-refractivity contribution in [3.05, 3.63) is 12.4 Å². The number of methoxy groups -OCH3 is 1. The molecule has 1 aromatic rings. The van der Waals surface area contributed by atoms with Gasteiger partial charge >= 0.3 is 0 Å². The maximum absolute atomic E-state index is 12.2. The van der Waals surface area contributed by atoms with E-state index in [1.54, 1.807) is 18.0 Å². The van der Waals surface area contributed by atoms with Gasteiger partial charge in [-0.2, -0.15) is 5.10 Å². The summed E-state index contributed by atoms with van der Waals surface area (Å²) < 4.78 is 6.76. The van der Waals surface area contributed by atoms with Crippen molar-refractivity contribution in [2.45, 2.75) is 38.8 Å². The second-order valence-electron chi connectivity index (χ2n) is 5.28. The Labute approximate surface area is 119 Å². The van der Waals surface area contributed by atoms with Crippen LogP contribution in [-0.4, -0.2) is 42.0 Å². The molecule has 6 nitrogen and oxygen atoms in total. The van der Waals surface area contributed by atoms with E-state index in [2.05, 4.69) is 22.7 Å². The minimum absolute atomic E-state index is 0.0365. The number of piperidine rings is 1. The Bertz CT molecular complexity index is 433. The van der Waals surface area contributed by atoms with Gasteiger partial charge in [-0.1, -0.05) is 13.3 Å². The van der Waals surface area contributed by atoms with E-state index in [0.717, 1.165) is 31.5 Å². The molecule has 0 radical (unpaired) electrons. The van der Waals surface area contributed by atoms with E-state index in [1.807, 2.05) is 6.20 Å². The van der Waals surface area contributed by atoms with E-state index in [-0.39, 0.29) is 11.9 Å². The first-order chi connectivity index (χ1) is 9.72. The molecular formula is C14H24N4O2. The standard InChI is InChI=1S/C14H24N4O2/c1-3-11-4-5-15-13(8-11)14(19)17-12-9-16-18(10-12)6-7-20-2/h9-11,13,15H,3-8H2,1-2H3,(H,17,19). The summed E-state index contributed by atoms with van der Waals surface area (Å²) in [5.41, 5.74) is 0.742. The number of hydrogen-bond donors (Lipinski definition) is 2. The Balaban J connectivity index is 1.85. The van der Waals surface area contributed by atoms with Crippen LogP contribution in [0.3, 0.4) is 0 Å². The van der Waals surface area contributed by atoms with Gasteiger partial charge in [0.2, 0.25) is 5.91 Å². The highest BCUT2D eigenvalue weighted by Gasteiger charge is 2.26. The number of rotatable bonds is 6. The fourth-order valence-electron chi connectivity index (χ4n) is 2.53. The molecule has 1 aliphatic heterocycles. The van der Waals surface area contributed by atoms with Crippen molar-refractivity contribution in [3.63, 3.8) is 0 Å². The van der Waals surface area contributed by atoms with E-state index in [1.165, 1.54) is 0 Å². The van der Waals surface area contributed by atoms with Crippen LogP contribution in [0.25, 0.3) is 0 Å². The molecule has 20 heavy (non-hydrogen) atoms. The van der Waals surface area contributed by atoms with E-state index in [0.29, 0.717) is 19.1 Å². The third kappa shape index (κ3) is 4.05. The molecule has 2 atom stereocenters. The zero-order valence-electron chi connectivity index (χ0n) is 12.3. The number of ether oxygens (including phenoxy) is 1. The predicted octanol–water partition coefficient (Wildman–Crippen LogP) is 1.25. The molecule has 1 amide bonds. The first-order valence-electron chi connectivity index (χ1n) is 7.28. The number of carbonyl (C=O) groups is 1. The predicted molar refractivity (Wildman–Crippen MR) is 77.5 cm³/mol. The molecule has 1 saturated heterocycles. The lowest BCUT2D eigenvalue weighted by Gasteiger charge is -2.28. The molecule has 0 spiro atoms. The first-order valence-corrected chi connectivity index (χ1v) is 7.28. The molecule has 1 fully saturated rings. The molecule has 0 aliphatic carbocycles. The van der Waals surface area contributed by atoms with Crippen molar-refractivity contribution in [1.29, 1.82) is 0 Å². The lowest BCUT2D eigenvalue weighted by Crippen LogP contribution is -2.46. The van der Waals surface area contributed by atoms with Gasteiger partial charge in [0, 0.05) is 13.3 Å². The highest BCUT2D eigenvalue weighted by Crippen LogP contribution is 2.20. The second kappa shape index (κ2) is 7.40. The molecule has 1 aromatic heterocycles. The number of aromatic nitrogens is 2. The largest absolute Gasteiger partial charge is 0.383 e. The molecule has 0 bridgehead atoms. The van der Waals surface area contributed by atoms with Gasteiger partial charge in [-0.3, -0.25) is 9.48 Å². The fourth-order valence-corrected chi connectivity index (χ4v) is 2.53. The fraction of sp³-hybridized carbons (Fsp3) is 0.714. The van der Waals surface area contributed by atoms with Crippen molar-refractivity contribution in [2.24, 2.45) is 5.92 Å². The van der Waals surface area contributed by atoms with Gasteiger partial charge in [0.25, 0.3) is 0 Å². The van der Waals surface area contributed by atoms with Crippen molar-refractivity contribution < 1.29 is 9.53 Å². The van der Waals surface area contributed by atoms with E-state index in [9.17, 15) is 4.79 Å². The van der Waals surface area contributed by atoms with Crippen LogP contribution >= 0.6 is 0 Å². The van der Waals surface area contributed by atoms with Crippen LogP contribution in [0.5, 0.6) is 0 Å². The Hall–Kier alpha value is -1.40. The van der Waals surface area contributed by atoms with Gasteiger partial charge in [0.05, 0.1) is 31.1 Å². The maximum Gasteiger partial charge on any atom is 0.241 e. The minimum atomic E-state index is -0.0870. The summed E-state index contributed by atoms with van der Waals surface area (Å²) in [6.07, 6.45) is 6.72. The summed E-state index contributed by atoms with van der Waals surface area (Å²) in [4.78, 5) is 12.2. The average molecular weight is 280 g/mol. The molecule has 2 rings (SSSR count). The second-order valence-corrected chi connectivity index (χ2v) is 5.28. The van der Waals surface area contributed by atoms with Gasteiger partial charge < -0.3 is 15.4 Å². The van der Waals surface area contributed by atoms with E-state index < -0.39 is 0 Å². The molecule has 0 saturated carbocycles. The van der Waals surface area contributed by atoms with Gasteiger partial charge in [-0.05, 0) is 25.3 Å². The van der Waals surface area contributed by atoms with Crippen LogP contribution in [-0.2, 0) is 16.1 Å². The minimum Gasteiger partial charge on any atom is -0.383 e. The lowest BCUT2D eigenvalue weighted by atomic mass is 9.90. The molecule has 2 heterocycles. The van der Waals surface area contributed by atoms with E-state index in [4.69, 9.17) is 4.74 Å². The molecule has 112 valence electrons. The van der Waals surface area contributed by atoms with Crippen LogP contribution in [0.15, 0.2) is 12.4 Å². The Morgan fingerprint density at radius 2 is 2.50 bits per heavy atom. The average Bonchev–Trinajstić information content (AvgIpc) is 2.92. The van der Waals surface area contributed by atoms with Crippen molar-refractivity contribution in [2.75, 3.05) is 25.6 Å². The summed E-state index contributed by atoms with van der Waals surface area (Å²) in [5.74, 6) is 0.686. The molecule has 6 heteroatoms. The summed E-state index contributed by atoms with van der Waals surface area (Å²) in [6, 6.07) is -0.0870. The number of nitrogens with zero attached hydrogens (tertiary/aromatic N) is 2. The third-order valence-electron chi connectivity index (χ3n) is 3.83. The van der Waals surface area contributed by atoms with Gasteiger partial charge in [-0.15, -0.1) is 0 Å². The molecule has 0 aromatic carbocycles. The highest BCUT2D eigenvalue weighted by atomic mass is 16.5. The lowest BCUT2D eigenvalue weighted by molar-refractivity contribution is -0.119. The van der Waals surface area contributed by atoms with Crippen molar-refractivity contribution in [3.8, 4) is 0 Å². The Morgan fingerprint density at radius 3 is 3.25 bits per heavy atom. The summed E-state index contributed by atoms with van der Waals surface area (Å²) in [6.45, 7) is 4.40. The Kier molecular flexibility index (Phi) is 5.55. The number of carbonyl (C=O) groups excluding carboxylic acids is 1.